The molecule has 0 fully saturated rings. The quantitative estimate of drug-likeness (QED) is 0.645. The molecular weight excluding hydrogens is 402 g/mol. The first-order valence-electron chi connectivity index (χ1n) is 8.69. The van der Waals surface area contributed by atoms with Gasteiger partial charge in [-0.3, -0.25) is 4.79 Å². The van der Waals surface area contributed by atoms with E-state index in [4.69, 9.17) is 16.3 Å². The van der Waals surface area contributed by atoms with Gasteiger partial charge in [0.2, 0.25) is 15.9 Å². The molecule has 0 aliphatic heterocycles. The Hall–Kier alpha value is -2.29. The molecule has 0 spiro atoms. The molecule has 0 aliphatic carbocycles. The lowest BCUT2D eigenvalue weighted by atomic mass is 10.2. The number of hydrogen-bond acceptors (Lipinski definition) is 5. The topological polar surface area (TPSA) is 87.7 Å². The van der Waals surface area contributed by atoms with E-state index in [-0.39, 0.29) is 23.9 Å². The van der Waals surface area contributed by atoms with Crippen molar-refractivity contribution >= 4 is 33.2 Å². The average molecular weight is 426 g/mol. The summed E-state index contributed by atoms with van der Waals surface area (Å²) in [6, 6.07) is 11.8. The standard InChI is InChI=1S/C19H24ClN3O4S/c1-4-27-19-15(20)9-7-10-16(19)21-13-18(24)22-12-14-8-5-6-11-17(14)28(25,26)23(2)3/h5-11,21H,4,12-13H2,1-3H3,(H,22,24). The van der Waals surface area contributed by atoms with E-state index in [1.807, 2.05) is 6.92 Å². The van der Waals surface area contributed by atoms with Crippen LogP contribution in [0.4, 0.5) is 5.69 Å². The fourth-order valence-corrected chi connectivity index (χ4v) is 3.81. The highest BCUT2D eigenvalue weighted by atomic mass is 35.5. The van der Waals surface area contributed by atoms with Gasteiger partial charge in [-0.25, -0.2) is 12.7 Å². The third-order valence-electron chi connectivity index (χ3n) is 3.90. The number of nitrogens with zero attached hydrogens (tertiary/aromatic N) is 1. The minimum Gasteiger partial charge on any atom is -0.490 e. The molecule has 1 amide bonds. The summed E-state index contributed by atoms with van der Waals surface area (Å²) in [4.78, 5) is 12.4. The molecule has 2 aromatic rings. The van der Waals surface area contributed by atoms with Crippen LogP contribution >= 0.6 is 11.6 Å². The van der Waals surface area contributed by atoms with E-state index < -0.39 is 10.0 Å². The third kappa shape index (κ3) is 5.37. The lowest BCUT2D eigenvalue weighted by Gasteiger charge is -2.16. The summed E-state index contributed by atoms with van der Waals surface area (Å²) in [5.74, 6) is 0.196. The van der Waals surface area contributed by atoms with Crippen molar-refractivity contribution in [1.29, 1.82) is 0 Å². The zero-order valence-electron chi connectivity index (χ0n) is 16.0. The minimum atomic E-state index is -3.59. The number of hydrogen-bond donors (Lipinski definition) is 2. The van der Waals surface area contributed by atoms with Gasteiger partial charge in [0.1, 0.15) is 0 Å². The van der Waals surface area contributed by atoms with Gasteiger partial charge in [-0.1, -0.05) is 35.9 Å². The fourth-order valence-electron chi connectivity index (χ4n) is 2.47. The Balaban J connectivity index is 2.03. The van der Waals surface area contributed by atoms with Gasteiger partial charge in [-0.2, -0.15) is 0 Å². The van der Waals surface area contributed by atoms with E-state index in [9.17, 15) is 13.2 Å². The minimum absolute atomic E-state index is 0.0109. The molecule has 0 atom stereocenters. The van der Waals surface area contributed by atoms with E-state index in [1.165, 1.54) is 20.2 Å². The van der Waals surface area contributed by atoms with Gasteiger partial charge in [0, 0.05) is 20.6 Å². The van der Waals surface area contributed by atoms with Gasteiger partial charge < -0.3 is 15.4 Å². The lowest BCUT2D eigenvalue weighted by molar-refractivity contribution is -0.119. The van der Waals surface area contributed by atoms with Crippen molar-refractivity contribution in [3.8, 4) is 5.75 Å². The largest absolute Gasteiger partial charge is 0.490 e. The molecular formula is C19H24ClN3O4S. The first-order valence-corrected chi connectivity index (χ1v) is 10.5. The third-order valence-corrected chi connectivity index (χ3v) is 6.12. The number of para-hydroxylation sites is 1. The number of carbonyl (C=O) groups is 1. The molecule has 0 aromatic heterocycles. The van der Waals surface area contributed by atoms with Gasteiger partial charge >= 0.3 is 0 Å². The Bertz CT molecular complexity index is 933. The number of benzene rings is 2. The molecule has 28 heavy (non-hydrogen) atoms. The number of sulfonamides is 1. The van der Waals surface area contributed by atoms with Gasteiger partial charge in [0.15, 0.2) is 5.75 Å². The van der Waals surface area contributed by atoms with Crippen molar-refractivity contribution in [2.45, 2.75) is 18.4 Å². The zero-order chi connectivity index (χ0) is 20.7. The number of halogens is 1. The Morgan fingerprint density at radius 3 is 2.54 bits per heavy atom. The van der Waals surface area contributed by atoms with Crippen molar-refractivity contribution in [2.24, 2.45) is 0 Å². The molecule has 152 valence electrons. The average Bonchev–Trinajstić information content (AvgIpc) is 2.67. The van der Waals surface area contributed by atoms with Gasteiger partial charge in [0.05, 0.1) is 28.8 Å². The maximum Gasteiger partial charge on any atom is 0.242 e. The molecule has 0 aliphatic rings. The van der Waals surface area contributed by atoms with Gasteiger partial charge in [-0.15, -0.1) is 0 Å². The molecule has 2 N–H and O–H groups in total. The Labute approximate surface area is 170 Å². The lowest BCUT2D eigenvalue weighted by Crippen LogP contribution is -2.31. The van der Waals surface area contributed by atoms with Gasteiger partial charge in [0.25, 0.3) is 0 Å². The SMILES string of the molecule is CCOc1c(Cl)cccc1NCC(=O)NCc1ccccc1S(=O)(=O)N(C)C. The van der Waals surface area contributed by atoms with Crippen LogP contribution in [0.15, 0.2) is 47.4 Å². The predicted octanol–water partition coefficient (Wildman–Crippen LogP) is 2.72. The maximum atomic E-state index is 12.4. The van der Waals surface area contributed by atoms with Crippen molar-refractivity contribution in [3.05, 3.63) is 53.1 Å². The van der Waals surface area contributed by atoms with Crippen LogP contribution in [0.3, 0.4) is 0 Å². The first-order chi connectivity index (χ1) is 13.3. The van der Waals surface area contributed by atoms with E-state index in [1.54, 1.807) is 36.4 Å². The molecule has 0 saturated carbocycles. The van der Waals surface area contributed by atoms with Crippen molar-refractivity contribution in [3.63, 3.8) is 0 Å². The monoisotopic (exact) mass is 425 g/mol. The van der Waals surface area contributed by atoms with Crippen LogP contribution in [0.2, 0.25) is 5.02 Å². The van der Waals surface area contributed by atoms with Crippen LogP contribution in [-0.4, -0.2) is 45.9 Å². The summed E-state index contributed by atoms with van der Waals surface area (Å²) < 4.78 is 31.5. The molecule has 2 aromatic carbocycles. The number of carbonyl (C=O) groups excluding carboxylic acids is 1. The fraction of sp³-hybridized carbons (Fsp3) is 0.316. The number of anilines is 1. The summed E-state index contributed by atoms with van der Waals surface area (Å²) in [5.41, 5.74) is 1.13. The van der Waals surface area contributed by atoms with E-state index in [0.717, 1.165) is 4.31 Å². The summed E-state index contributed by atoms with van der Waals surface area (Å²) in [7, 11) is -0.657. The Morgan fingerprint density at radius 1 is 1.14 bits per heavy atom. The Kier molecular flexibility index (Phi) is 7.68. The molecule has 0 radical (unpaired) electrons. The molecule has 0 heterocycles. The molecule has 0 saturated heterocycles. The molecule has 0 unspecified atom stereocenters. The maximum absolute atomic E-state index is 12.4. The van der Waals surface area contributed by atoms with Gasteiger partial charge in [-0.05, 0) is 30.7 Å². The summed E-state index contributed by atoms with van der Waals surface area (Å²) in [6.45, 7) is 2.38. The highest BCUT2D eigenvalue weighted by molar-refractivity contribution is 7.89. The van der Waals surface area contributed by atoms with Crippen LogP contribution in [0.25, 0.3) is 0 Å². The molecule has 2 rings (SSSR count). The van der Waals surface area contributed by atoms with Crippen LogP contribution in [0, 0.1) is 0 Å². The van der Waals surface area contributed by atoms with Crippen LogP contribution in [0.1, 0.15) is 12.5 Å². The first kappa shape index (κ1) is 22.0. The van der Waals surface area contributed by atoms with Crippen molar-refractivity contribution in [2.75, 3.05) is 32.6 Å². The second-order valence-electron chi connectivity index (χ2n) is 6.07. The zero-order valence-corrected chi connectivity index (χ0v) is 17.6. The van der Waals surface area contributed by atoms with E-state index in [2.05, 4.69) is 10.6 Å². The second kappa shape index (κ2) is 9.77. The number of nitrogens with one attached hydrogen (secondary N) is 2. The predicted molar refractivity (Wildman–Crippen MR) is 110 cm³/mol. The molecule has 9 heteroatoms. The summed E-state index contributed by atoms with van der Waals surface area (Å²) in [6.07, 6.45) is 0. The summed E-state index contributed by atoms with van der Waals surface area (Å²) >= 11 is 6.12. The number of rotatable bonds is 9. The van der Waals surface area contributed by atoms with Crippen LogP contribution < -0.4 is 15.4 Å². The highest BCUT2D eigenvalue weighted by Crippen LogP contribution is 2.32. The summed E-state index contributed by atoms with van der Waals surface area (Å²) in [5, 5.41) is 6.17. The molecule has 7 nitrogen and oxygen atoms in total. The second-order valence-corrected chi connectivity index (χ2v) is 8.60. The Morgan fingerprint density at radius 2 is 1.86 bits per heavy atom. The van der Waals surface area contributed by atoms with Crippen molar-refractivity contribution in [1.82, 2.24) is 9.62 Å². The number of amides is 1. The van der Waals surface area contributed by atoms with E-state index >= 15 is 0 Å². The van der Waals surface area contributed by atoms with E-state index in [0.29, 0.717) is 28.6 Å². The van der Waals surface area contributed by atoms with Crippen LogP contribution in [0.5, 0.6) is 5.75 Å². The normalized spacial score (nSPS) is 11.3. The smallest absolute Gasteiger partial charge is 0.242 e. The van der Waals surface area contributed by atoms with Crippen LogP contribution in [-0.2, 0) is 21.4 Å². The number of ether oxygens (including phenoxy) is 1. The van der Waals surface area contributed by atoms with Crippen molar-refractivity contribution < 1.29 is 17.9 Å². The molecule has 0 bridgehead atoms. The highest BCUT2D eigenvalue weighted by Gasteiger charge is 2.20.